The lowest BCUT2D eigenvalue weighted by atomic mass is 10.1. The van der Waals surface area contributed by atoms with Gasteiger partial charge < -0.3 is 14.5 Å². The van der Waals surface area contributed by atoms with Crippen molar-refractivity contribution in [3.63, 3.8) is 0 Å². The molecule has 0 spiro atoms. The third-order valence-corrected chi connectivity index (χ3v) is 7.58. The normalized spacial score (nSPS) is 14.2. The molecule has 3 aromatic rings. The maximum Gasteiger partial charge on any atom is 0.254 e. The minimum atomic E-state index is -3.77. The highest BCUT2D eigenvalue weighted by Crippen LogP contribution is 2.22. The molecule has 0 atom stereocenters. The van der Waals surface area contributed by atoms with Gasteiger partial charge in [-0.25, -0.2) is 13.1 Å². The van der Waals surface area contributed by atoms with Gasteiger partial charge in [0, 0.05) is 44.0 Å². The van der Waals surface area contributed by atoms with Gasteiger partial charge in [0.2, 0.25) is 10.0 Å². The molecule has 7 nitrogen and oxygen atoms in total. The van der Waals surface area contributed by atoms with Crippen molar-refractivity contribution >= 4 is 21.6 Å². The number of benzene rings is 3. The summed E-state index contributed by atoms with van der Waals surface area (Å²) < 4.78 is 33.8. The summed E-state index contributed by atoms with van der Waals surface area (Å²) in [5.41, 5.74) is 2.93. The van der Waals surface area contributed by atoms with Crippen molar-refractivity contribution in [1.82, 2.24) is 9.62 Å². The van der Waals surface area contributed by atoms with E-state index >= 15 is 0 Å². The maximum atomic E-state index is 13.2. The molecule has 0 saturated carbocycles. The summed E-state index contributed by atoms with van der Waals surface area (Å²) >= 11 is 0. The van der Waals surface area contributed by atoms with Crippen LogP contribution in [-0.2, 0) is 16.6 Å². The summed E-state index contributed by atoms with van der Waals surface area (Å²) in [6, 6.07) is 22.1. The summed E-state index contributed by atoms with van der Waals surface area (Å²) in [6.45, 7) is 4.45. The van der Waals surface area contributed by atoms with Crippen LogP contribution in [0.2, 0.25) is 0 Å². The van der Waals surface area contributed by atoms with E-state index in [2.05, 4.69) is 9.62 Å². The number of sulfonamides is 1. The van der Waals surface area contributed by atoms with E-state index in [0.29, 0.717) is 37.3 Å². The molecule has 1 aliphatic heterocycles. The summed E-state index contributed by atoms with van der Waals surface area (Å²) in [7, 11) is -2.13. The van der Waals surface area contributed by atoms with E-state index in [4.69, 9.17) is 4.74 Å². The van der Waals surface area contributed by atoms with Crippen molar-refractivity contribution in [3.05, 3.63) is 89.5 Å². The fourth-order valence-corrected chi connectivity index (χ4v) is 5.30. The van der Waals surface area contributed by atoms with Gasteiger partial charge in [-0.2, -0.15) is 0 Å². The highest BCUT2D eigenvalue weighted by molar-refractivity contribution is 7.89. The van der Waals surface area contributed by atoms with Crippen LogP contribution in [-0.4, -0.2) is 52.5 Å². The van der Waals surface area contributed by atoms with Crippen molar-refractivity contribution in [1.29, 1.82) is 0 Å². The predicted octanol–water partition coefficient (Wildman–Crippen LogP) is 3.44. The minimum Gasteiger partial charge on any atom is -0.497 e. The SMILES string of the molecule is COc1ccc(N2CCN(C(=O)c3ccc(C)c(S(=O)(=O)NCc4ccccc4)c3)CC2)cc1. The van der Waals surface area contributed by atoms with Gasteiger partial charge in [0.15, 0.2) is 0 Å². The van der Waals surface area contributed by atoms with E-state index in [1.165, 1.54) is 6.07 Å². The van der Waals surface area contributed by atoms with Crippen LogP contribution in [0.5, 0.6) is 5.75 Å². The van der Waals surface area contributed by atoms with Gasteiger partial charge in [-0.3, -0.25) is 4.79 Å². The third-order valence-electron chi connectivity index (χ3n) is 6.04. The Morgan fingerprint density at radius 3 is 2.26 bits per heavy atom. The number of anilines is 1. The fraction of sp³-hybridized carbons (Fsp3) is 0.269. The zero-order chi connectivity index (χ0) is 24.1. The highest BCUT2D eigenvalue weighted by atomic mass is 32.2. The molecule has 8 heteroatoms. The number of hydrogen-bond donors (Lipinski definition) is 1. The molecule has 1 amide bonds. The van der Waals surface area contributed by atoms with Gasteiger partial charge in [-0.05, 0) is 54.4 Å². The number of methoxy groups -OCH3 is 1. The van der Waals surface area contributed by atoms with Crippen LogP contribution in [0, 0.1) is 6.92 Å². The van der Waals surface area contributed by atoms with E-state index in [0.717, 1.165) is 17.0 Å². The number of rotatable bonds is 7. The lowest BCUT2D eigenvalue weighted by molar-refractivity contribution is 0.0746. The van der Waals surface area contributed by atoms with Crippen molar-refractivity contribution < 1.29 is 17.9 Å². The van der Waals surface area contributed by atoms with Gasteiger partial charge >= 0.3 is 0 Å². The molecule has 0 aromatic heterocycles. The zero-order valence-electron chi connectivity index (χ0n) is 19.4. The second-order valence-corrected chi connectivity index (χ2v) is 10.0. The number of hydrogen-bond acceptors (Lipinski definition) is 5. The van der Waals surface area contributed by atoms with Crippen LogP contribution in [0.4, 0.5) is 5.69 Å². The molecule has 3 aromatic carbocycles. The lowest BCUT2D eigenvalue weighted by Gasteiger charge is -2.36. The lowest BCUT2D eigenvalue weighted by Crippen LogP contribution is -2.48. The number of ether oxygens (including phenoxy) is 1. The summed E-state index contributed by atoms with van der Waals surface area (Å²) in [5, 5.41) is 0. The predicted molar refractivity (Wildman–Crippen MR) is 133 cm³/mol. The molecule has 0 bridgehead atoms. The van der Waals surface area contributed by atoms with Crippen LogP contribution in [0.3, 0.4) is 0 Å². The first-order chi connectivity index (χ1) is 16.4. The number of nitrogens with one attached hydrogen (secondary N) is 1. The molecule has 0 aliphatic carbocycles. The summed E-state index contributed by atoms with van der Waals surface area (Å²) in [4.78, 5) is 17.3. The number of carbonyl (C=O) groups excluding carboxylic acids is 1. The van der Waals surface area contributed by atoms with Gasteiger partial charge in [0.1, 0.15) is 5.75 Å². The number of amides is 1. The van der Waals surface area contributed by atoms with Crippen molar-refractivity contribution in [3.8, 4) is 5.75 Å². The Balaban J connectivity index is 1.43. The van der Waals surface area contributed by atoms with Crippen molar-refractivity contribution in [2.24, 2.45) is 0 Å². The second kappa shape index (κ2) is 10.3. The van der Waals surface area contributed by atoms with E-state index in [9.17, 15) is 13.2 Å². The van der Waals surface area contributed by atoms with Gasteiger partial charge in [-0.15, -0.1) is 0 Å². The Morgan fingerprint density at radius 1 is 0.941 bits per heavy atom. The number of carbonyl (C=O) groups is 1. The quantitative estimate of drug-likeness (QED) is 0.562. The van der Waals surface area contributed by atoms with Gasteiger partial charge in [0.05, 0.1) is 12.0 Å². The first-order valence-electron chi connectivity index (χ1n) is 11.2. The minimum absolute atomic E-state index is 0.131. The number of nitrogens with zero attached hydrogens (tertiary/aromatic N) is 2. The Hall–Kier alpha value is -3.36. The topological polar surface area (TPSA) is 79.0 Å². The van der Waals surface area contributed by atoms with Crippen LogP contribution in [0.15, 0.2) is 77.7 Å². The monoisotopic (exact) mass is 479 g/mol. The molecular formula is C26H29N3O4S. The average Bonchev–Trinajstić information content (AvgIpc) is 2.88. The fourth-order valence-electron chi connectivity index (χ4n) is 4.02. The Bertz CT molecular complexity index is 1240. The molecule has 1 aliphatic rings. The summed E-state index contributed by atoms with van der Waals surface area (Å²) in [6.07, 6.45) is 0. The van der Waals surface area contributed by atoms with E-state index in [1.807, 2.05) is 54.6 Å². The van der Waals surface area contributed by atoms with E-state index in [-0.39, 0.29) is 17.3 Å². The van der Waals surface area contributed by atoms with E-state index < -0.39 is 10.0 Å². The molecule has 1 heterocycles. The van der Waals surface area contributed by atoms with Crippen molar-refractivity contribution in [2.75, 3.05) is 38.2 Å². The highest BCUT2D eigenvalue weighted by Gasteiger charge is 2.25. The maximum absolute atomic E-state index is 13.2. The molecule has 1 fully saturated rings. The Labute approximate surface area is 201 Å². The summed E-state index contributed by atoms with van der Waals surface area (Å²) in [5.74, 6) is 0.648. The second-order valence-electron chi connectivity index (χ2n) is 8.27. The smallest absolute Gasteiger partial charge is 0.254 e. The Morgan fingerprint density at radius 2 is 1.62 bits per heavy atom. The molecule has 178 valence electrons. The van der Waals surface area contributed by atoms with Gasteiger partial charge in [-0.1, -0.05) is 36.4 Å². The van der Waals surface area contributed by atoms with E-state index in [1.54, 1.807) is 31.1 Å². The molecule has 0 unspecified atom stereocenters. The third kappa shape index (κ3) is 5.40. The zero-order valence-corrected chi connectivity index (χ0v) is 20.2. The Kier molecular flexibility index (Phi) is 7.19. The van der Waals surface area contributed by atoms with Crippen LogP contribution < -0.4 is 14.4 Å². The number of piperazine rings is 1. The first-order valence-corrected chi connectivity index (χ1v) is 12.7. The standard InChI is InChI=1S/C26H29N3O4S/c1-20-8-9-22(18-25(20)34(31,32)27-19-21-6-4-3-5-7-21)26(30)29-16-14-28(15-17-29)23-10-12-24(33-2)13-11-23/h3-13,18,27H,14-17,19H2,1-2H3. The largest absolute Gasteiger partial charge is 0.497 e. The van der Waals surface area contributed by atoms with Crippen LogP contribution in [0.25, 0.3) is 0 Å². The van der Waals surface area contributed by atoms with Crippen LogP contribution in [0.1, 0.15) is 21.5 Å². The molecule has 34 heavy (non-hydrogen) atoms. The number of aryl methyl sites for hydroxylation is 1. The molecular weight excluding hydrogens is 450 g/mol. The average molecular weight is 480 g/mol. The van der Waals surface area contributed by atoms with Gasteiger partial charge in [0.25, 0.3) is 5.91 Å². The van der Waals surface area contributed by atoms with Crippen LogP contribution >= 0.6 is 0 Å². The van der Waals surface area contributed by atoms with Crippen molar-refractivity contribution in [2.45, 2.75) is 18.4 Å². The molecule has 0 radical (unpaired) electrons. The molecule has 4 rings (SSSR count). The first kappa shape index (κ1) is 23.8. The molecule has 1 N–H and O–H groups in total. The molecule has 1 saturated heterocycles.